The molecular formula is C19H29NO. The van der Waals surface area contributed by atoms with Crippen molar-refractivity contribution in [2.24, 2.45) is 0 Å². The Labute approximate surface area is 128 Å². The van der Waals surface area contributed by atoms with E-state index >= 15 is 0 Å². The predicted molar refractivity (Wildman–Crippen MR) is 90.9 cm³/mol. The summed E-state index contributed by atoms with van der Waals surface area (Å²) >= 11 is 0. The van der Waals surface area contributed by atoms with Gasteiger partial charge in [0.1, 0.15) is 11.3 Å². The number of hydrogen-bond donors (Lipinski definition) is 1. The van der Waals surface area contributed by atoms with Crippen LogP contribution < -0.4 is 5.32 Å². The highest BCUT2D eigenvalue weighted by Crippen LogP contribution is 2.34. The van der Waals surface area contributed by atoms with Gasteiger partial charge in [-0.1, -0.05) is 52.3 Å². The van der Waals surface area contributed by atoms with Crippen molar-refractivity contribution in [1.29, 1.82) is 0 Å². The van der Waals surface area contributed by atoms with E-state index in [9.17, 15) is 0 Å². The summed E-state index contributed by atoms with van der Waals surface area (Å²) in [6, 6.07) is 6.62. The highest BCUT2D eigenvalue weighted by Gasteiger charge is 2.17. The maximum absolute atomic E-state index is 6.29. The van der Waals surface area contributed by atoms with E-state index in [2.05, 4.69) is 51.2 Å². The molecule has 0 amide bonds. The van der Waals surface area contributed by atoms with Crippen molar-refractivity contribution in [3.63, 3.8) is 0 Å². The summed E-state index contributed by atoms with van der Waals surface area (Å²) in [5.41, 5.74) is 3.87. The fourth-order valence-electron chi connectivity index (χ4n) is 2.89. The van der Waals surface area contributed by atoms with Crippen LogP contribution in [0.1, 0.15) is 69.8 Å². The molecule has 0 aliphatic carbocycles. The lowest BCUT2D eigenvalue weighted by Crippen LogP contribution is -2.14. The lowest BCUT2D eigenvalue weighted by molar-refractivity contribution is 0.502. The smallest absolute Gasteiger partial charge is 0.138 e. The first-order valence-electron chi connectivity index (χ1n) is 8.46. The zero-order chi connectivity index (χ0) is 15.2. The number of para-hydroxylation sites is 1. The number of nitrogens with one attached hydrogen (secondary N) is 1. The highest BCUT2D eigenvalue weighted by atomic mass is 16.3. The Morgan fingerprint density at radius 3 is 2.62 bits per heavy atom. The van der Waals surface area contributed by atoms with Crippen molar-refractivity contribution in [1.82, 2.24) is 5.32 Å². The van der Waals surface area contributed by atoms with Gasteiger partial charge in [-0.25, -0.2) is 0 Å². The molecule has 1 heterocycles. The molecule has 21 heavy (non-hydrogen) atoms. The van der Waals surface area contributed by atoms with Gasteiger partial charge >= 0.3 is 0 Å². The lowest BCUT2D eigenvalue weighted by Gasteiger charge is -2.09. The van der Waals surface area contributed by atoms with Crippen molar-refractivity contribution >= 4 is 11.0 Å². The number of furan rings is 1. The van der Waals surface area contributed by atoms with Crippen LogP contribution in [0.25, 0.3) is 11.0 Å². The number of fused-ring (bicyclic) bond motifs is 1. The van der Waals surface area contributed by atoms with E-state index in [1.165, 1.54) is 16.5 Å². The summed E-state index contributed by atoms with van der Waals surface area (Å²) < 4.78 is 6.29. The first-order chi connectivity index (χ1) is 10.2. The van der Waals surface area contributed by atoms with E-state index in [0.29, 0.717) is 5.92 Å². The molecule has 0 aliphatic heterocycles. The number of rotatable bonds is 8. The van der Waals surface area contributed by atoms with Crippen molar-refractivity contribution in [3.05, 3.63) is 35.1 Å². The van der Waals surface area contributed by atoms with Crippen LogP contribution in [0, 0.1) is 0 Å². The Balaban J connectivity index is 2.45. The Kier molecular flexibility index (Phi) is 5.86. The molecule has 0 radical (unpaired) electrons. The van der Waals surface area contributed by atoms with Gasteiger partial charge in [-0.05, 0) is 37.3 Å². The van der Waals surface area contributed by atoms with E-state index in [1.807, 2.05) is 0 Å². The van der Waals surface area contributed by atoms with Gasteiger partial charge in [-0.3, -0.25) is 0 Å². The zero-order valence-electron chi connectivity index (χ0n) is 14.0. The summed E-state index contributed by atoms with van der Waals surface area (Å²) in [6.07, 6.45) is 4.55. The largest absolute Gasteiger partial charge is 0.459 e. The first kappa shape index (κ1) is 16.1. The molecule has 2 heteroatoms. The van der Waals surface area contributed by atoms with Gasteiger partial charge in [0.25, 0.3) is 0 Å². The minimum Gasteiger partial charge on any atom is -0.459 e. The van der Waals surface area contributed by atoms with E-state index in [0.717, 1.165) is 50.1 Å². The van der Waals surface area contributed by atoms with Gasteiger partial charge in [0.15, 0.2) is 0 Å². The van der Waals surface area contributed by atoms with Gasteiger partial charge in [-0.15, -0.1) is 0 Å². The fourth-order valence-corrected chi connectivity index (χ4v) is 2.89. The van der Waals surface area contributed by atoms with Crippen LogP contribution in [-0.2, 0) is 13.0 Å². The summed E-state index contributed by atoms with van der Waals surface area (Å²) in [5, 5.41) is 4.80. The van der Waals surface area contributed by atoms with Gasteiger partial charge in [0.2, 0.25) is 0 Å². The van der Waals surface area contributed by atoms with Crippen LogP contribution in [0.5, 0.6) is 0 Å². The van der Waals surface area contributed by atoms with Crippen molar-refractivity contribution < 1.29 is 4.42 Å². The molecule has 1 aromatic carbocycles. The van der Waals surface area contributed by atoms with Gasteiger partial charge in [0, 0.05) is 10.9 Å². The molecule has 2 nitrogen and oxygen atoms in total. The van der Waals surface area contributed by atoms with Crippen molar-refractivity contribution in [2.45, 2.75) is 65.8 Å². The number of benzene rings is 1. The average Bonchev–Trinajstić information content (AvgIpc) is 2.85. The lowest BCUT2D eigenvalue weighted by atomic mass is 9.95. The van der Waals surface area contributed by atoms with Crippen LogP contribution in [0.15, 0.2) is 22.6 Å². The maximum atomic E-state index is 6.29. The third kappa shape index (κ3) is 3.49. The number of hydrogen-bond acceptors (Lipinski definition) is 2. The number of aryl methyl sites for hydroxylation is 1. The molecular weight excluding hydrogens is 258 g/mol. The van der Waals surface area contributed by atoms with Crippen LogP contribution in [0.4, 0.5) is 0 Å². The maximum Gasteiger partial charge on any atom is 0.138 e. The van der Waals surface area contributed by atoms with E-state index in [-0.39, 0.29) is 0 Å². The molecule has 0 fully saturated rings. The Morgan fingerprint density at radius 2 is 1.95 bits per heavy atom. The summed E-state index contributed by atoms with van der Waals surface area (Å²) in [5.74, 6) is 1.68. The second-order valence-electron chi connectivity index (χ2n) is 5.96. The molecule has 0 bridgehead atoms. The molecule has 1 atom stereocenters. The SMILES string of the molecule is CCCNCc1oc2c(C(C)CC)cccc2c1CCC. The predicted octanol–water partition coefficient (Wildman–Crippen LogP) is 5.40. The summed E-state index contributed by atoms with van der Waals surface area (Å²) in [6.45, 7) is 10.8. The van der Waals surface area contributed by atoms with Crippen LogP contribution in [0.2, 0.25) is 0 Å². The van der Waals surface area contributed by atoms with Crippen LogP contribution in [-0.4, -0.2) is 6.54 Å². The monoisotopic (exact) mass is 287 g/mol. The molecule has 0 spiro atoms. The van der Waals surface area contributed by atoms with Crippen molar-refractivity contribution in [3.8, 4) is 0 Å². The molecule has 1 aromatic heterocycles. The zero-order valence-corrected chi connectivity index (χ0v) is 14.0. The van der Waals surface area contributed by atoms with Gasteiger partial charge < -0.3 is 9.73 Å². The molecule has 1 N–H and O–H groups in total. The summed E-state index contributed by atoms with van der Waals surface area (Å²) in [7, 11) is 0. The van der Waals surface area contributed by atoms with E-state index < -0.39 is 0 Å². The fraction of sp³-hybridized carbons (Fsp3) is 0.579. The minimum atomic E-state index is 0.547. The average molecular weight is 287 g/mol. The first-order valence-corrected chi connectivity index (χ1v) is 8.46. The van der Waals surface area contributed by atoms with Gasteiger partial charge in [-0.2, -0.15) is 0 Å². The summed E-state index contributed by atoms with van der Waals surface area (Å²) in [4.78, 5) is 0. The Bertz CT molecular complexity index is 570. The molecule has 0 aliphatic rings. The third-order valence-electron chi connectivity index (χ3n) is 4.29. The molecule has 2 aromatic rings. The Morgan fingerprint density at radius 1 is 1.14 bits per heavy atom. The third-order valence-corrected chi connectivity index (χ3v) is 4.29. The highest BCUT2D eigenvalue weighted by molar-refractivity contribution is 5.85. The standard InChI is InChI=1S/C19H29NO/c1-5-9-16-17-11-8-10-15(14(4)7-3)19(17)21-18(16)13-20-12-6-2/h8,10-11,14,20H,5-7,9,12-13H2,1-4H3. The molecule has 0 saturated heterocycles. The molecule has 0 saturated carbocycles. The molecule has 1 unspecified atom stereocenters. The van der Waals surface area contributed by atoms with E-state index in [4.69, 9.17) is 4.42 Å². The van der Waals surface area contributed by atoms with Crippen LogP contribution >= 0.6 is 0 Å². The van der Waals surface area contributed by atoms with Gasteiger partial charge in [0.05, 0.1) is 6.54 Å². The topological polar surface area (TPSA) is 25.2 Å². The van der Waals surface area contributed by atoms with E-state index in [1.54, 1.807) is 0 Å². The van der Waals surface area contributed by atoms with Crippen LogP contribution in [0.3, 0.4) is 0 Å². The normalized spacial score (nSPS) is 13.0. The molecule has 2 rings (SSSR count). The molecule has 116 valence electrons. The van der Waals surface area contributed by atoms with Crippen molar-refractivity contribution in [2.75, 3.05) is 6.54 Å². The quantitative estimate of drug-likeness (QED) is 0.658. The Hall–Kier alpha value is -1.28. The second kappa shape index (κ2) is 7.65. The minimum absolute atomic E-state index is 0.547. The second-order valence-corrected chi connectivity index (χ2v) is 5.96.